The molecule has 0 spiro atoms. The second-order valence-electron chi connectivity index (χ2n) is 4.10. The van der Waals surface area contributed by atoms with E-state index >= 15 is 0 Å². The van der Waals surface area contributed by atoms with Crippen LogP contribution in [0.1, 0.15) is 18.4 Å². The van der Waals surface area contributed by atoms with E-state index in [-0.39, 0.29) is 5.25 Å². The minimum Gasteiger partial charge on any atom is -0.496 e. The number of benzene rings is 1. The summed E-state index contributed by atoms with van der Waals surface area (Å²) in [5.74, 6) is 2.24. The maximum absolute atomic E-state index is 12.1. The molecule has 0 radical (unpaired) electrons. The monoisotopic (exact) mass is 314 g/mol. The molecule has 92 valence electrons. The number of hydrogen-bond acceptors (Lipinski definition) is 3. The number of ether oxygens (including phenoxy) is 1. The number of Topliss-reactive ketones (excluding diaryl/α,β-unsaturated/α-hetero) is 1. The first-order valence-electron chi connectivity index (χ1n) is 5.67. The summed E-state index contributed by atoms with van der Waals surface area (Å²) < 4.78 is 6.27. The number of rotatable bonds is 4. The zero-order valence-electron chi connectivity index (χ0n) is 9.74. The third-order valence-electron chi connectivity index (χ3n) is 2.90. The molecule has 1 heterocycles. The average Bonchev–Trinajstić information content (AvgIpc) is 2.83. The minimum atomic E-state index is 0.193. The molecule has 0 aliphatic carbocycles. The number of ketones is 1. The number of methoxy groups -OCH3 is 1. The topological polar surface area (TPSA) is 26.3 Å². The van der Waals surface area contributed by atoms with Gasteiger partial charge in [0.2, 0.25) is 0 Å². The molecule has 17 heavy (non-hydrogen) atoms. The Balaban J connectivity index is 2.11. The van der Waals surface area contributed by atoms with Gasteiger partial charge >= 0.3 is 0 Å². The van der Waals surface area contributed by atoms with Crippen LogP contribution in [-0.2, 0) is 11.2 Å². The second kappa shape index (κ2) is 5.91. The highest BCUT2D eigenvalue weighted by molar-refractivity contribution is 9.10. The molecule has 1 aliphatic heterocycles. The van der Waals surface area contributed by atoms with E-state index in [0.29, 0.717) is 12.2 Å². The standard InChI is InChI=1S/C13H15BrO2S/c1-16-12-5-4-10(14)7-9(12)8-11(15)13-3-2-6-17-13/h4-5,7,13H,2-3,6,8H2,1H3. The van der Waals surface area contributed by atoms with Crippen molar-refractivity contribution in [2.45, 2.75) is 24.5 Å². The Bertz CT molecular complexity index is 414. The van der Waals surface area contributed by atoms with Gasteiger partial charge in [-0.05, 0) is 36.8 Å². The van der Waals surface area contributed by atoms with Crippen molar-refractivity contribution in [1.82, 2.24) is 0 Å². The smallest absolute Gasteiger partial charge is 0.150 e. The highest BCUT2D eigenvalue weighted by Crippen LogP contribution is 2.30. The summed E-state index contributed by atoms with van der Waals surface area (Å²) in [5.41, 5.74) is 0.972. The Morgan fingerprint density at radius 2 is 2.41 bits per heavy atom. The van der Waals surface area contributed by atoms with Gasteiger partial charge in [0.05, 0.1) is 12.4 Å². The number of halogens is 1. The van der Waals surface area contributed by atoms with Crippen LogP contribution in [0.15, 0.2) is 22.7 Å². The van der Waals surface area contributed by atoms with Gasteiger partial charge in [0, 0.05) is 16.5 Å². The van der Waals surface area contributed by atoms with E-state index in [2.05, 4.69) is 15.9 Å². The van der Waals surface area contributed by atoms with Crippen molar-refractivity contribution in [3.63, 3.8) is 0 Å². The van der Waals surface area contributed by atoms with E-state index in [1.807, 2.05) is 18.2 Å². The summed E-state index contributed by atoms with van der Waals surface area (Å²) in [6.45, 7) is 0. The molecule has 0 saturated carbocycles. The van der Waals surface area contributed by atoms with Gasteiger partial charge in [0.25, 0.3) is 0 Å². The van der Waals surface area contributed by atoms with Gasteiger partial charge in [-0.3, -0.25) is 4.79 Å². The number of thioether (sulfide) groups is 1. The van der Waals surface area contributed by atoms with Crippen LogP contribution in [0.4, 0.5) is 0 Å². The first-order chi connectivity index (χ1) is 8.20. The molecule has 1 saturated heterocycles. The van der Waals surface area contributed by atoms with Gasteiger partial charge in [0.15, 0.2) is 0 Å². The lowest BCUT2D eigenvalue weighted by molar-refractivity contribution is -0.117. The summed E-state index contributed by atoms with van der Waals surface area (Å²) in [7, 11) is 1.64. The molecule has 2 rings (SSSR count). The molecule has 0 amide bonds. The molecule has 1 aliphatic rings. The first-order valence-corrected chi connectivity index (χ1v) is 7.51. The molecular weight excluding hydrogens is 300 g/mol. The zero-order chi connectivity index (χ0) is 12.3. The van der Waals surface area contributed by atoms with Crippen LogP contribution in [0, 0.1) is 0 Å². The molecule has 1 fully saturated rings. The Morgan fingerprint density at radius 3 is 3.06 bits per heavy atom. The van der Waals surface area contributed by atoms with Gasteiger partial charge in [0.1, 0.15) is 11.5 Å². The van der Waals surface area contributed by atoms with Crippen LogP contribution in [-0.4, -0.2) is 23.9 Å². The molecular formula is C13H15BrO2S. The van der Waals surface area contributed by atoms with E-state index in [0.717, 1.165) is 34.4 Å². The third-order valence-corrected chi connectivity index (χ3v) is 4.81. The van der Waals surface area contributed by atoms with Crippen LogP contribution >= 0.6 is 27.7 Å². The van der Waals surface area contributed by atoms with Crippen molar-refractivity contribution in [2.75, 3.05) is 12.9 Å². The third kappa shape index (κ3) is 3.26. The molecule has 0 bridgehead atoms. The molecule has 4 heteroatoms. The average molecular weight is 315 g/mol. The van der Waals surface area contributed by atoms with Gasteiger partial charge in [-0.15, -0.1) is 0 Å². The number of hydrogen-bond donors (Lipinski definition) is 0. The van der Waals surface area contributed by atoms with Crippen LogP contribution in [0.2, 0.25) is 0 Å². The second-order valence-corrected chi connectivity index (χ2v) is 6.33. The highest BCUT2D eigenvalue weighted by Gasteiger charge is 2.24. The Labute approximate surface area is 114 Å². The Morgan fingerprint density at radius 1 is 1.59 bits per heavy atom. The van der Waals surface area contributed by atoms with Crippen LogP contribution < -0.4 is 4.74 Å². The molecule has 2 nitrogen and oxygen atoms in total. The minimum absolute atomic E-state index is 0.193. The normalized spacial score (nSPS) is 19.3. The molecule has 1 unspecified atom stereocenters. The Hall–Kier alpha value is -0.480. The quantitative estimate of drug-likeness (QED) is 0.851. The van der Waals surface area contributed by atoms with Crippen LogP contribution in [0.3, 0.4) is 0 Å². The summed E-state index contributed by atoms with van der Waals surface area (Å²) in [4.78, 5) is 12.1. The fourth-order valence-corrected chi connectivity index (χ4v) is 3.65. The van der Waals surface area contributed by atoms with E-state index in [4.69, 9.17) is 4.74 Å². The van der Waals surface area contributed by atoms with Gasteiger partial charge < -0.3 is 4.74 Å². The summed E-state index contributed by atoms with van der Waals surface area (Å²) in [5, 5.41) is 0.193. The van der Waals surface area contributed by atoms with E-state index in [1.54, 1.807) is 18.9 Å². The molecule has 0 N–H and O–H groups in total. The van der Waals surface area contributed by atoms with Gasteiger partial charge in [-0.25, -0.2) is 0 Å². The van der Waals surface area contributed by atoms with Crippen LogP contribution in [0.5, 0.6) is 5.75 Å². The maximum Gasteiger partial charge on any atom is 0.150 e. The zero-order valence-corrected chi connectivity index (χ0v) is 12.1. The summed E-state index contributed by atoms with van der Waals surface area (Å²) >= 11 is 5.21. The molecule has 1 aromatic rings. The van der Waals surface area contributed by atoms with E-state index in [9.17, 15) is 4.79 Å². The molecule has 0 aromatic heterocycles. The number of carbonyl (C=O) groups excluding carboxylic acids is 1. The van der Waals surface area contributed by atoms with Crippen molar-refractivity contribution < 1.29 is 9.53 Å². The first kappa shape index (κ1) is 13.0. The fourth-order valence-electron chi connectivity index (χ4n) is 2.02. The van der Waals surface area contributed by atoms with Crippen LogP contribution in [0.25, 0.3) is 0 Å². The predicted octanol–water partition coefficient (Wildman–Crippen LogP) is 3.46. The van der Waals surface area contributed by atoms with Crippen molar-refractivity contribution in [2.24, 2.45) is 0 Å². The lowest BCUT2D eigenvalue weighted by Crippen LogP contribution is -2.16. The summed E-state index contributed by atoms with van der Waals surface area (Å²) in [6.07, 6.45) is 2.66. The SMILES string of the molecule is COc1ccc(Br)cc1CC(=O)C1CCCS1. The Kier molecular flexibility index (Phi) is 4.51. The predicted molar refractivity (Wildman–Crippen MR) is 74.9 cm³/mol. The maximum atomic E-state index is 12.1. The lowest BCUT2D eigenvalue weighted by atomic mass is 10.0. The summed E-state index contributed by atoms with van der Waals surface area (Å²) in [6, 6.07) is 5.79. The molecule has 1 atom stereocenters. The highest BCUT2D eigenvalue weighted by atomic mass is 79.9. The van der Waals surface area contributed by atoms with Crippen molar-refractivity contribution in [3.05, 3.63) is 28.2 Å². The fraction of sp³-hybridized carbons (Fsp3) is 0.462. The van der Waals surface area contributed by atoms with E-state index < -0.39 is 0 Å². The lowest BCUT2D eigenvalue weighted by Gasteiger charge is -2.11. The van der Waals surface area contributed by atoms with E-state index in [1.165, 1.54) is 0 Å². The van der Waals surface area contributed by atoms with Gasteiger partial charge in [-0.2, -0.15) is 11.8 Å². The number of carbonyl (C=O) groups is 1. The largest absolute Gasteiger partial charge is 0.496 e. The molecule has 1 aromatic carbocycles. The van der Waals surface area contributed by atoms with Crippen molar-refractivity contribution >= 4 is 33.5 Å². The van der Waals surface area contributed by atoms with Crippen molar-refractivity contribution in [1.29, 1.82) is 0 Å². The van der Waals surface area contributed by atoms with Gasteiger partial charge in [-0.1, -0.05) is 15.9 Å². The van der Waals surface area contributed by atoms with Crippen molar-refractivity contribution in [3.8, 4) is 5.75 Å².